The van der Waals surface area contributed by atoms with E-state index in [1.54, 1.807) is 4.90 Å². The molecule has 1 N–H and O–H groups in total. The highest BCUT2D eigenvalue weighted by molar-refractivity contribution is 5.79. The normalized spacial score (nSPS) is 28.4. The van der Waals surface area contributed by atoms with E-state index >= 15 is 0 Å². The standard InChI is InChI=1S/C14H20F3NO3/c15-14(16,17)11-3-1-9(2-4-11)12(19)18-7-5-10(6-8-18)13(20)21/h9-11H,1-8H2,(H,20,21). The van der Waals surface area contributed by atoms with Crippen molar-refractivity contribution in [1.82, 2.24) is 4.90 Å². The van der Waals surface area contributed by atoms with Gasteiger partial charge in [0.25, 0.3) is 0 Å². The summed E-state index contributed by atoms with van der Waals surface area (Å²) in [6.45, 7) is 0.796. The molecule has 1 saturated carbocycles. The Kier molecular flexibility index (Phi) is 4.78. The Morgan fingerprint density at radius 1 is 0.905 bits per heavy atom. The monoisotopic (exact) mass is 307 g/mol. The zero-order valence-corrected chi connectivity index (χ0v) is 11.7. The fraction of sp³-hybridized carbons (Fsp3) is 0.857. The number of amides is 1. The van der Waals surface area contributed by atoms with Gasteiger partial charge in [0.15, 0.2) is 0 Å². The van der Waals surface area contributed by atoms with Crippen molar-refractivity contribution in [3.63, 3.8) is 0 Å². The van der Waals surface area contributed by atoms with E-state index in [9.17, 15) is 22.8 Å². The summed E-state index contributed by atoms with van der Waals surface area (Å²) in [4.78, 5) is 24.8. The maximum atomic E-state index is 12.6. The molecule has 0 radical (unpaired) electrons. The topological polar surface area (TPSA) is 57.6 Å². The molecule has 0 aromatic heterocycles. The Balaban J connectivity index is 1.82. The summed E-state index contributed by atoms with van der Waals surface area (Å²) in [6, 6.07) is 0. The Morgan fingerprint density at radius 2 is 1.43 bits per heavy atom. The third kappa shape index (κ3) is 3.89. The van der Waals surface area contributed by atoms with E-state index in [0.29, 0.717) is 25.9 Å². The summed E-state index contributed by atoms with van der Waals surface area (Å²) in [5.74, 6) is -2.95. The first-order valence-corrected chi connectivity index (χ1v) is 7.37. The quantitative estimate of drug-likeness (QED) is 0.853. The molecule has 0 aromatic rings. The van der Waals surface area contributed by atoms with Crippen molar-refractivity contribution in [2.45, 2.75) is 44.7 Å². The minimum absolute atomic E-state index is 0.0193. The summed E-state index contributed by atoms with van der Waals surface area (Å²) in [5, 5.41) is 8.91. The number of carboxylic acids is 1. The smallest absolute Gasteiger partial charge is 0.391 e. The SMILES string of the molecule is O=C(O)C1CCN(C(=O)C2CCC(C(F)(F)F)CC2)CC1. The number of hydrogen-bond acceptors (Lipinski definition) is 2. The fourth-order valence-electron chi connectivity index (χ4n) is 3.27. The van der Waals surface area contributed by atoms with E-state index in [-0.39, 0.29) is 37.5 Å². The highest BCUT2D eigenvalue weighted by Crippen LogP contribution is 2.40. The van der Waals surface area contributed by atoms with Gasteiger partial charge in [0.2, 0.25) is 5.91 Å². The second-order valence-electron chi connectivity index (χ2n) is 6.03. The van der Waals surface area contributed by atoms with E-state index in [4.69, 9.17) is 5.11 Å². The van der Waals surface area contributed by atoms with Gasteiger partial charge in [0.1, 0.15) is 0 Å². The molecule has 2 aliphatic rings. The van der Waals surface area contributed by atoms with Crippen LogP contribution in [0.2, 0.25) is 0 Å². The van der Waals surface area contributed by atoms with Crippen molar-refractivity contribution in [1.29, 1.82) is 0 Å². The number of aliphatic carboxylic acids is 1. The molecule has 1 aliphatic carbocycles. The molecule has 0 bridgehead atoms. The first-order valence-electron chi connectivity index (χ1n) is 7.37. The summed E-state index contributed by atoms with van der Waals surface area (Å²) < 4.78 is 37.8. The molecular formula is C14H20F3NO3. The van der Waals surface area contributed by atoms with Gasteiger partial charge >= 0.3 is 12.1 Å². The number of nitrogens with zero attached hydrogens (tertiary/aromatic N) is 1. The zero-order chi connectivity index (χ0) is 15.6. The highest BCUT2D eigenvalue weighted by atomic mass is 19.4. The van der Waals surface area contributed by atoms with Gasteiger partial charge in [0.05, 0.1) is 11.8 Å². The predicted molar refractivity (Wildman–Crippen MR) is 68.4 cm³/mol. The van der Waals surface area contributed by atoms with Crippen molar-refractivity contribution >= 4 is 11.9 Å². The van der Waals surface area contributed by atoms with Gasteiger partial charge in [-0.2, -0.15) is 13.2 Å². The molecule has 4 nitrogen and oxygen atoms in total. The third-order valence-corrected chi connectivity index (χ3v) is 4.70. The molecule has 1 saturated heterocycles. The number of carbonyl (C=O) groups excluding carboxylic acids is 1. The number of alkyl halides is 3. The van der Waals surface area contributed by atoms with Gasteiger partial charge in [0, 0.05) is 19.0 Å². The van der Waals surface area contributed by atoms with Crippen molar-refractivity contribution in [2.24, 2.45) is 17.8 Å². The Bertz CT molecular complexity index is 395. The van der Waals surface area contributed by atoms with Crippen molar-refractivity contribution in [3.8, 4) is 0 Å². The van der Waals surface area contributed by atoms with Crippen molar-refractivity contribution in [2.75, 3.05) is 13.1 Å². The lowest BCUT2D eigenvalue weighted by molar-refractivity contribution is -0.185. The van der Waals surface area contributed by atoms with E-state index in [2.05, 4.69) is 0 Å². The van der Waals surface area contributed by atoms with Crippen LogP contribution in [0.5, 0.6) is 0 Å². The van der Waals surface area contributed by atoms with E-state index in [0.717, 1.165) is 0 Å². The molecular weight excluding hydrogens is 287 g/mol. The lowest BCUT2D eigenvalue weighted by Gasteiger charge is -2.35. The van der Waals surface area contributed by atoms with E-state index in [1.807, 2.05) is 0 Å². The third-order valence-electron chi connectivity index (χ3n) is 4.70. The number of carbonyl (C=O) groups is 2. The minimum atomic E-state index is -4.16. The first kappa shape index (κ1) is 16.1. The van der Waals surface area contributed by atoms with Crippen LogP contribution in [-0.4, -0.2) is 41.1 Å². The fourth-order valence-corrected chi connectivity index (χ4v) is 3.27. The average Bonchev–Trinajstić information content (AvgIpc) is 2.46. The van der Waals surface area contributed by atoms with Crippen LogP contribution in [0.25, 0.3) is 0 Å². The number of rotatable bonds is 2. The molecule has 120 valence electrons. The average molecular weight is 307 g/mol. The van der Waals surface area contributed by atoms with Crippen LogP contribution in [-0.2, 0) is 9.59 Å². The second kappa shape index (κ2) is 6.23. The molecule has 21 heavy (non-hydrogen) atoms. The number of piperidine rings is 1. The van der Waals surface area contributed by atoms with Crippen LogP contribution in [0.1, 0.15) is 38.5 Å². The van der Waals surface area contributed by atoms with Crippen LogP contribution in [0.3, 0.4) is 0 Å². The molecule has 1 heterocycles. The summed E-state index contributed by atoms with van der Waals surface area (Å²) in [5.41, 5.74) is 0. The van der Waals surface area contributed by atoms with Crippen LogP contribution < -0.4 is 0 Å². The first-order chi connectivity index (χ1) is 9.79. The number of hydrogen-bond donors (Lipinski definition) is 1. The van der Waals surface area contributed by atoms with Crippen molar-refractivity contribution in [3.05, 3.63) is 0 Å². The molecule has 1 aliphatic heterocycles. The number of likely N-dealkylation sites (tertiary alicyclic amines) is 1. The summed E-state index contributed by atoms with van der Waals surface area (Å²) in [7, 11) is 0. The molecule has 2 rings (SSSR count). The van der Waals surface area contributed by atoms with Gasteiger partial charge < -0.3 is 10.0 Å². The van der Waals surface area contributed by atoms with Gasteiger partial charge in [-0.05, 0) is 38.5 Å². The van der Waals surface area contributed by atoms with E-state index in [1.165, 1.54) is 0 Å². The van der Waals surface area contributed by atoms with Gasteiger partial charge in [-0.1, -0.05) is 0 Å². The molecule has 0 spiro atoms. The Labute approximate surface area is 121 Å². The lowest BCUT2D eigenvalue weighted by atomic mass is 9.80. The van der Waals surface area contributed by atoms with Crippen LogP contribution >= 0.6 is 0 Å². The summed E-state index contributed by atoms with van der Waals surface area (Å²) in [6.07, 6.45) is -2.70. The lowest BCUT2D eigenvalue weighted by Crippen LogP contribution is -2.44. The van der Waals surface area contributed by atoms with Crippen LogP contribution in [0.15, 0.2) is 0 Å². The maximum absolute atomic E-state index is 12.6. The zero-order valence-electron chi connectivity index (χ0n) is 11.7. The van der Waals surface area contributed by atoms with Gasteiger partial charge in [-0.3, -0.25) is 9.59 Å². The molecule has 2 fully saturated rings. The predicted octanol–water partition coefficient (Wildman–Crippen LogP) is 2.68. The molecule has 0 aromatic carbocycles. The van der Waals surface area contributed by atoms with Crippen LogP contribution in [0.4, 0.5) is 13.2 Å². The Morgan fingerprint density at radius 3 is 1.86 bits per heavy atom. The maximum Gasteiger partial charge on any atom is 0.391 e. The summed E-state index contributed by atoms with van der Waals surface area (Å²) >= 11 is 0. The van der Waals surface area contributed by atoms with Crippen LogP contribution in [0, 0.1) is 17.8 Å². The molecule has 0 unspecified atom stereocenters. The molecule has 1 amide bonds. The molecule has 0 atom stereocenters. The minimum Gasteiger partial charge on any atom is -0.481 e. The number of halogens is 3. The molecule has 7 heteroatoms. The van der Waals surface area contributed by atoms with E-state index < -0.39 is 24.0 Å². The van der Waals surface area contributed by atoms with Gasteiger partial charge in [-0.15, -0.1) is 0 Å². The highest BCUT2D eigenvalue weighted by Gasteiger charge is 2.43. The van der Waals surface area contributed by atoms with Gasteiger partial charge in [-0.25, -0.2) is 0 Å². The number of carboxylic acid groups (broad SMARTS) is 1. The largest absolute Gasteiger partial charge is 0.481 e. The Hall–Kier alpha value is -1.27. The van der Waals surface area contributed by atoms with Crippen molar-refractivity contribution < 1.29 is 27.9 Å². The second-order valence-corrected chi connectivity index (χ2v) is 6.03.